The molecule has 11 nitrogen and oxygen atoms in total. The van der Waals surface area contributed by atoms with Crippen LogP contribution >= 0.6 is 0 Å². The molecule has 0 saturated heterocycles. The summed E-state index contributed by atoms with van der Waals surface area (Å²) in [6.45, 7) is 12.1. The molecule has 0 aliphatic carbocycles. The van der Waals surface area contributed by atoms with Gasteiger partial charge in [0.15, 0.2) is 11.5 Å². The number of carbonyl (C=O) groups excluding carboxylic acids is 4. The molecule has 0 spiro atoms. The maximum absolute atomic E-state index is 12.4. The van der Waals surface area contributed by atoms with Gasteiger partial charge in [-0.15, -0.1) is 0 Å². The normalized spacial score (nSPS) is 13.8. The fourth-order valence-electron chi connectivity index (χ4n) is 3.05. The predicted molar refractivity (Wildman–Crippen MR) is 147 cm³/mol. The highest BCUT2D eigenvalue weighted by Crippen LogP contribution is 2.30. The molecule has 1 aromatic rings. The van der Waals surface area contributed by atoms with Gasteiger partial charge in [0.2, 0.25) is 0 Å². The monoisotopic (exact) mass is 567 g/mol. The summed E-state index contributed by atoms with van der Waals surface area (Å²) in [5, 5.41) is 3.02. The molecule has 1 aromatic carbocycles. The largest absolute Gasteiger partial charge is 0.513 e. The molecule has 0 amide bonds. The minimum Gasteiger partial charge on any atom is -0.468 e. The summed E-state index contributed by atoms with van der Waals surface area (Å²) < 4.78 is 31.1. The topological polar surface area (TPSA) is 136 Å². The van der Waals surface area contributed by atoms with Crippen molar-refractivity contribution < 1.29 is 47.6 Å². The molecule has 0 radical (unpaired) electrons. The van der Waals surface area contributed by atoms with Crippen LogP contribution < -0.4 is 14.8 Å². The first-order chi connectivity index (χ1) is 19.0. The molecule has 3 unspecified atom stereocenters. The number of hydrogen-bond donors (Lipinski definition) is 1. The average molecular weight is 568 g/mol. The third-order valence-electron chi connectivity index (χ3n) is 6.44. The first-order valence-electron chi connectivity index (χ1n) is 13.8. The number of ether oxygens (including phenoxy) is 6. The zero-order chi connectivity index (χ0) is 30.1. The van der Waals surface area contributed by atoms with Gasteiger partial charge in [0.05, 0.1) is 26.2 Å². The lowest BCUT2D eigenvalue weighted by Gasteiger charge is -2.18. The van der Waals surface area contributed by atoms with Crippen LogP contribution in [0.2, 0.25) is 0 Å². The van der Waals surface area contributed by atoms with Crippen LogP contribution in [0, 0.1) is 17.8 Å². The Kier molecular flexibility index (Phi) is 16.4. The Morgan fingerprint density at radius 3 is 1.88 bits per heavy atom. The quantitative estimate of drug-likeness (QED) is 0.117. The van der Waals surface area contributed by atoms with Gasteiger partial charge in [-0.3, -0.25) is 9.59 Å². The van der Waals surface area contributed by atoms with E-state index in [1.165, 1.54) is 19.2 Å². The second-order valence-electron chi connectivity index (χ2n) is 9.84. The van der Waals surface area contributed by atoms with Crippen molar-refractivity contribution in [2.24, 2.45) is 17.8 Å². The van der Waals surface area contributed by atoms with E-state index in [2.05, 4.69) is 5.32 Å². The van der Waals surface area contributed by atoms with Gasteiger partial charge in [-0.1, -0.05) is 60.5 Å². The molecule has 0 aliphatic rings. The summed E-state index contributed by atoms with van der Waals surface area (Å²) in [6, 6.07) is 3.75. The zero-order valence-electron chi connectivity index (χ0n) is 24.8. The van der Waals surface area contributed by atoms with Crippen molar-refractivity contribution in [2.45, 2.75) is 73.3 Å². The van der Waals surface area contributed by atoms with Gasteiger partial charge in [0.1, 0.15) is 12.6 Å². The Labute approximate surface area is 237 Å². The summed E-state index contributed by atoms with van der Waals surface area (Å²) in [4.78, 5) is 48.9. The average Bonchev–Trinajstić information content (AvgIpc) is 2.96. The lowest BCUT2D eigenvalue weighted by Crippen LogP contribution is -2.41. The van der Waals surface area contributed by atoms with Crippen LogP contribution in [0.15, 0.2) is 18.2 Å². The molecular weight excluding hydrogens is 522 g/mol. The van der Waals surface area contributed by atoms with Gasteiger partial charge in [-0.25, -0.2) is 9.59 Å². The van der Waals surface area contributed by atoms with Gasteiger partial charge < -0.3 is 33.7 Å². The molecule has 0 heterocycles. The molecule has 0 bridgehead atoms. The smallest absolute Gasteiger partial charge is 0.468 e. The van der Waals surface area contributed by atoms with Crippen LogP contribution in [0.4, 0.5) is 9.59 Å². The number of esters is 2. The molecule has 4 atom stereocenters. The third kappa shape index (κ3) is 13.1. The SMILES string of the molecule is CCC(C)COC(=O)Oc1ccc(C[C@H](NCCOC(=O)C(C)CC)C(=O)OC)cc1OC(=O)OCC(C)CC. The molecule has 0 aromatic heterocycles. The van der Waals surface area contributed by atoms with Crippen molar-refractivity contribution in [3.05, 3.63) is 23.8 Å². The summed E-state index contributed by atoms with van der Waals surface area (Å²) in [6.07, 6.45) is 0.560. The lowest BCUT2D eigenvalue weighted by molar-refractivity contribution is -0.148. The van der Waals surface area contributed by atoms with Gasteiger partial charge in [-0.05, 0) is 42.4 Å². The Hall–Kier alpha value is -3.34. The van der Waals surface area contributed by atoms with Crippen LogP contribution in [0.25, 0.3) is 0 Å². The van der Waals surface area contributed by atoms with Crippen LogP contribution in [-0.4, -0.2) is 63.8 Å². The van der Waals surface area contributed by atoms with Crippen molar-refractivity contribution >= 4 is 24.2 Å². The first kappa shape index (κ1) is 34.7. The number of hydrogen-bond acceptors (Lipinski definition) is 11. The first-order valence-corrected chi connectivity index (χ1v) is 13.8. The summed E-state index contributed by atoms with van der Waals surface area (Å²) in [7, 11) is 1.27. The van der Waals surface area contributed by atoms with Crippen LogP contribution in [-0.2, 0) is 35.0 Å². The Morgan fingerprint density at radius 2 is 1.35 bits per heavy atom. The maximum Gasteiger partial charge on any atom is 0.513 e. The van der Waals surface area contributed by atoms with E-state index in [0.717, 1.165) is 12.8 Å². The highest BCUT2D eigenvalue weighted by Gasteiger charge is 2.23. The molecule has 40 heavy (non-hydrogen) atoms. The van der Waals surface area contributed by atoms with E-state index in [0.29, 0.717) is 12.0 Å². The van der Waals surface area contributed by atoms with Crippen molar-refractivity contribution in [3.8, 4) is 11.5 Å². The van der Waals surface area contributed by atoms with Gasteiger partial charge in [0.25, 0.3) is 0 Å². The van der Waals surface area contributed by atoms with E-state index >= 15 is 0 Å². The van der Waals surface area contributed by atoms with Crippen LogP contribution in [0.3, 0.4) is 0 Å². The molecular formula is C29H45NO10. The van der Waals surface area contributed by atoms with Crippen molar-refractivity contribution in [1.29, 1.82) is 0 Å². The lowest BCUT2D eigenvalue weighted by atomic mass is 10.1. The van der Waals surface area contributed by atoms with Crippen molar-refractivity contribution in [1.82, 2.24) is 5.32 Å². The highest BCUT2D eigenvalue weighted by molar-refractivity contribution is 5.76. The van der Waals surface area contributed by atoms with E-state index in [1.807, 2.05) is 34.6 Å². The molecule has 1 rings (SSSR count). The number of rotatable bonds is 17. The zero-order valence-corrected chi connectivity index (χ0v) is 24.8. The van der Waals surface area contributed by atoms with Crippen molar-refractivity contribution in [3.63, 3.8) is 0 Å². The van der Waals surface area contributed by atoms with Crippen molar-refractivity contribution in [2.75, 3.05) is 33.5 Å². The molecule has 0 saturated carbocycles. The molecule has 11 heteroatoms. The van der Waals surface area contributed by atoms with Crippen LogP contribution in [0.1, 0.15) is 66.4 Å². The van der Waals surface area contributed by atoms with Gasteiger partial charge in [0, 0.05) is 6.54 Å². The maximum atomic E-state index is 12.4. The van der Waals surface area contributed by atoms with Gasteiger partial charge in [-0.2, -0.15) is 0 Å². The minimum absolute atomic E-state index is 0.0436. The number of benzene rings is 1. The second kappa shape index (κ2) is 18.9. The summed E-state index contributed by atoms with van der Waals surface area (Å²) >= 11 is 0. The molecule has 226 valence electrons. The molecule has 0 fully saturated rings. The number of nitrogens with one attached hydrogen (secondary N) is 1. The van der Waals surface area contributed by atoms with Crippen LogP contribution in [0.5, 0.6) is 11.5 Å². The predicted octanol–water partition coefficient (Wildman–Crippen LogP) is 5.07. The van der Waals surface area contributed by atoms with E-state index in [9.17, 15) is 19.2 Å². The van der Waals surface area contributed by atoms with E-state index in [4.69, 9.17) is 28.4 Å². The minimum atomic E-state index is -0.957. The van der Waals surface area contributed by atoms with E-state index < -0.39 is 24.3 Å². The summed E-state index contributed by atoms with van der Waals surface area (Å²) in [5.41, 5.74) is 0.574. The fraction of sp³-hybridized carbons (Fsp3) is 0.655. The highest BCUT2D eigenvalue weighted by atomic mass is 16.7. The van der Waals surface area contributed by atoms with Gasteiger partial charge >= 0.3 is 24.2 Å². The summed E-state index contributed by atoms with van der Waals surface area (Å²) in [5.74, 6) is -0.864. The number of carbonyl (C=O) groups is 4. The third-order valence-corrected chi connectivity index (χ3v) is 6.44. The standard InChI is InChI=1S/C29H45NO10/c1-8-19(4)17-37-28(33)39-24-12-11-22(16-25(24)40-29(34)38-18-20(5)9-2)15-23(27(32)35-7)30-13-14-36-26(31)21(6)10-3/h11-12,16,19-21,23,30H,8-10,13-15,17-18H2,1-7H3/t19?,20?,21?,23-/m0/s1. The number of methoxy groups -OCH3 is 1. The second-order valence-corrected chi connectivity index (χ2v) is 9.84. The Balaban J connectivity index is 3.02. The Morgan fingerprint density at radius 1 is 0.775 bits per heavy atom. The fourth-order valence-corrected chi connectivity index (χ4v) is 3.05. The molecule has 1 N–H and O–H groups in total. The van der Waals surface area contributed by atoms with E-state index in [-0.39, 0.29) is 68.0 Å². The molecule has 0 aliphatic heterocycles. The van der Waals surface area contributed by atoms with E-state index in [1.54, 1.807) is 13.0 Å². The Bertz CT molecular complexity index is 951.